The van der Waals surface area contributed by atoms with E-state index in [9.17, 15) is 14.7 Å². The minimum absolute atomic E-state index is 0.0998. The van der Waals surface area contributed by atoms with Crippen LogP contribution in [0.5, 0.6) is 17.2 Å². The van der Waals surface area contributed by atoms with Gasteiger partial charge in [-0.15, -0.1) is 0 Å². The SMILES string of the molecule is Cc1c(C(=O)Cc2ccc(Oc3ccnc4cc(OC[C@H](C)O)ccc34)cc2)c(=O)n(-c2ccccc2)n1C. The normalized spacial score (nSPS) is 11.9. The molecule has 3 aromatic carbocycles. The van der Waals surface area contributed by atoms with Gasteiger partial charge in [-0.25, -0.2) is 4.68 Å². The summed E-state index contributed by atoms with van der Waals surface area (Å²) >= 11 is 0. The molecule has 0 saturated heterocycles. The third-order valence-electron chi connectivity index (χ3n) is 6.51. The molecule has 5 rings (SSSR count). The van der Waals surface area contributed by atoms with Crippen molar-refractivity contribution in [1.82, 2.24) is 14.3 Å². The molecule has 0 aliphatic carbocycles. The van der Waals surface area contributed by atoms with E-state index in [0.29, 0.717) is 34.1 Å². The van der Waals surface area contributed by atoms with Gasteiger partial charge >= 0.3 is 0 Å². The van der Waals surface area contributed by atoms with Crippen molar-refractivity contribution in [2.75, 3.05) is 6.61 Å². The number of hydrogen-bond acceptors (Lipinski definition) is 6. The van der Waals surface area contributed by atoms with Crippen molar-refractivity contribution in [3.05, 3.63) is 112 Å². The Labute approximate surface area is 225 Å². The maximum Gasteiger partial charge on any atom is 0.282 e. The molecular formula is C31H29N3O5. The third-order valence-corrected chi connectivity index (χ3v) is 6.51. The topological polar surface area (TPSA) is 95.6 Å². The van der Waals surface area contributed by atoms with Crippen molar-refractivity contribution in [2.45, 2.75) is 26.4 Å². The Morgan fingerprint density at radius 2 is 1.72 bits per heavy atom. The van der Waals surface area contributed by atoms with Crippen molar-refractivity contribution in [1.29, 1.82) is 0 Å². The summed E-state index contributed by atoms with van der Waals surface area (Å²) in [6, 6.07) is 23.8. The summed E-state index contributed by atoms with van der Waals surface area (Å²) < 4.78 is 14.9. The van der Waals surface area contributed by atoms with E-state index in [1.165, 1.54) is 4.68 Å². The summed E-state index contributed by atoms with van der Waals surface area (Å²) in [7, 11) is 1.78. The number of aliphatic hydroxyl groups excluding tert-OH is 1. The van der Waals surface area contributed by atoms with Gasteiger partial charge < -0.3 is 14.6 Å². The molecule has 0 spiro atoms. The molecule has 0 aliphatic heterocycles. The first-order chi connectivity index (χ1) is 18.8. The zero-order chi connectivity index (χ0) is 27.5. The number of nitrogens with zero attached hydrogens (tertiary/aromatic N) is 3. The summed E-state index contributed by atoms with van der Waals surface area (Å²) in [6.07, 6.45) is 1.20. The zero-order valence-electron chi connectivity index (χ0n) is 22.0. The molecule has 2 aromatic heterocycles. The molecule has 8 heteroatoms. The van der Waals surface area contributed by atoms with E-state index in [1.54, 1.807) is 56.0 Å². The Kier molecular flexibility index (Phi) is 7.29. The van der Waals surface area contributed by atoms with Crippen LogP contribution in [-0.4, -0.2) is 37.9 Å². The van der Waals surface area contributed by atoms with E-state index in [1.807, 2.05) is 54.6 Å². The van der Waals surface area contributed by atoms with Gasteiger partial charge in [-0.05, 0) is 61.9 Å². The number of carbonyl (C=O) groups is 1. The molecule has 198 valence electrons. The third kappa shape index (κ3) is 5.46. The smallest absolute Gasteiger partial charge is 0.282 e. The molecule has 5 aromatic rings. The van der Waals surface area contributed by atoms with Crippen molar-refractivity contribution in [2.24, 2.45) is 7.05 Å². The predicted molar refractivity (Wildman–Crippen MR) is 149 cm³/mol. The zero-order valence-corrected chi connectivity index (χ0v) is 22.0. The van der Waals surface area contributed by atoms with Gasteiger partial charge in [0, 0.05) is 36.8 Å². The number of benzene rings is 3. The highest BCUT2D eigenvalue weighted by Crippen LogP contribution is 2.31. The summed E-state index contributed by atoms with van der Waals surface area (Å²) in [5.41, 5.74) is 2.69. The summed E-state index contributed by atoms with van der Waals surface area (Å²) in [6.45, 7) is 3.65. The van der Waals surface area contributed by atoms with Crippen molar-refractivity contribution >= 4 is 16.7 Å². The van der Waals surface area contributed by atoms with Crippen LogP contribution >= 0.6 is 0 Å². The van der Waals surface area contributed by atoms with E-state index in [4.69, 9.17) is 9.47 Å². The van der Waals surface area contributed by atoms with Crippen molar-refractivity contribution in [3.8, 4) is 22.9 Å². The van der Waals surface area contributed by atoms with Gasteiger partial charge in [0.15, 0.2) is 5.78 Å². The van der Waals surface area contributed by atoms with Gasteiger partial charge in [0.1, 0.15) is 29.4 Å². The average molecular weight is 524 g/mol. The molecule has 0 fully saturated rings. The van der Waals surface area contributed by atoms with Gasteiger partial charge in [0.2, 0.25) is 0 Å². The number of pyridine rings is 1. The molecule has 0 aliphatic rings. The quantitative estimate of drug-likeness (QED) is 0.273. The van der Waals surface area contributed by atoms with Crippen LogP contribution in [0.2, 0.25) is 0 Å². The molecule has 2 heterocycles. The van der Waals surface area contributed by atoms with Crippen LogP contribution in [0.4, 0.5) is 0 Å². The van der Waals surface area contributed by atoms with Crippen LogP contribution in [0.15, 0.2) is 89.9 Å². The molecule has 39 heavy (non-hydrogen) atoms. The number of aromatic nitrogens is 3. The number of fused-ring (bicyclic) bond motifs is 1. The van der Waals surface area contributed by atoms with E-state index in [0.717, 1.165) is 10.9 Å². The monoisotopic (exact) mass is 523 g/mol. The first-order valence-corrected chi connectivity index (χ1v) is 12.7. The Morgan fingerprint density at radius 1 is 1.00 bits per heavy atom. The Balaban J connectivity index is 1.32. The first kappa shape index (κ1) is 25.9. The summed E-state index contributed by atoms with van der Waals surface area (Å²) in [5.74, 6) is 1.62. The fourth-order valence-electron chi connectivity index (χ4n) is 4.46. The van der Waals surface area contributed by atoms with Gasteiger partial charge in [-0.3, -0.25) is 19.3 Å². The highest BCUT2D eigenvalue weighted by molar-refractivity contribution is 5.98. The number of ketones is 1. The number of rotatable bonds is 9. The molecule has 0 amide bonds. The van der Waals surface area contributed by atoms with E-state index >= 15 is 0 Å². The van der Waals surface area contributed by atoms with Crippen LogP contribution in [0.3, 0.4) is 0 Å². The molecule has 1 N–H and O–H groups in total. The van der Waals surface area contributed by atoms with E-state index in [-0.39, 0.29) is 29.9 Å². The lowest BCUT2D eigenvalue weighted by Gasteiger charge is -2.11. The van der Waals surface area contributed by atoms with Crippen LogP contribution in [0, 0.1) is 6.92 Å². The predicted octanol–water partition coefficient (Wildman–Crippen LogP) is 5.01. The van der Waals surface area contributed by atoms with E-state index in [2.05, 4.69) is 4.98 Å². The second-order valence-corrected chi connectivity index (χ2v) is 9.43. The van der Waals surface area contributed by atoms with Gasteiger partial charge in [-0.1, -0.05) is 30.3 Å². The molecule has 0 unspecified atom stereocenters. The maximum atomic E-state index is 13.2. The van der Waals surface area contributed by atoms with Crippen LogP contribution < -0.4 is 15.0 Å². The number of ether oxygens (including phenoxy) is 2. The Morgan fingerprint density at radius 3 is 2.44 bits per heavy atom. The van der Waals surface area contributed by atoms with Crippen LogP contribution in [0.25, 0.3) is 16.6 Å². The fraction of sp³-hybridized carbons (Fsp3) is 0.194. The standard InChI is InChI=1S/C31H29N3O5/c1-20(35)19-38-25-13-14-26-27(18-25)32-16-15-29(26)39-24-11-9-22(10-12-24)17-28(36)30-21(2)33(3)34(31(30)37)23-7-5-4-6-8-23/h4-16,18,20,35H,17,19H2,1-3H3/t20-/m0/s1. The van der Waals surface area contributed by atoms with E-state index < -0.39 is 6.10 Å². The number of aliphatic hydroxyl groups is 1. The van der Waals surface area contributed by atoms with Crippen LogP contribution in [0.1, 0.15) is 28.5 Å². The number of hydrogen-bond donors (Lipinski definition) is 1. The summed E-state index contributed by atoms with van der Waals surface area (Å²) in [5, 5.41) is 10.3. The van der Waals surface area contributed by atoms with Gasteiger partial charge in [0.05, 0.1) is 17.3 Å². The molecule has 0 bridgehead atoms. The maximum absolute atomic E-state index is 13.2. The minimum atomic E-state index is -0.564. The van der Waals surface area contributed by atoms with Gasteiger partial charge in [0.25, 0.3) is 5.56 Å². The average Bonchev–Trinajstić information content (AvgIpc) is 3.16. The summed E-state index contributed by atoms with van der Waals surface area (Å²) in [4.78, 5) is 30.8. The largest absolute Gasteiger partial charge is 0.491 e. The number of para-hydroxylation sites is 1. The Bertz CT molecular complexity index is 1690. The van der Waals surface area contributed by atoms with Crippen molar-refractivity contribution < 1.29 is 19.4 Å². The fourth-order valence-corrected chi connectivity index (χ4v) is 4.46. The van der Waals surface area contributed by atoms with Crippen LogP contribution in [-0.2, 0) is 13.5 Å². The lowest BCUT2D eigenvalue weighted by molar-refractivity contribution is 0.0991. The lowest BCUT2D eigenvalue weighted by atomic mass is 10.0. The highest BCUT2D eigenvalue weighted by Gasteiger charge is 2.22. The van der Waals surface area contributed by atoms with Gasteiger partial charge in [-0.2, -0.15) is 0 Å². The molecule has 8 nitrogen and oxygen atoms in total. The number of Topliss-reactive ketones (excluding diaryl/α,β-unsaturated/α-hetero) is 1. The molecule has 1 atom stereocenters. The molecule has 0 saturated carbocycles. The Hall–Kier alpha value is -4.69. The molecular weight excluding hydrogens is 494 g/mol. The minimum Gasteiger partial charge on any atom is -0.491 e. The molecule has 0 radical (unpaired) electrons. The lowest BCUT2D eigenvalue weighted by Crippen LogP contribution is -2.23. The van der Waals surface area contributed by atoms with Crippen molar-refractivity contribution in [3.63, 3.8) is 0 Å². The highest BCUT2D eigenvalue weighted by atomic mass is 16.5. The second kappa shape index (κ2) is 11.0. The first-order valence-electron chi connectivity index (χ1n) is 12.7. The number of carbonyl (C=O) groups excluding carboxylic acids is 1. The second-order valence-electron chi connectivity index (χ2n) is 9.43.